The molecule has 0 saturated carbocycles. The number of hydroxylamine groups is 2. The molecule has 0 bridgehead atoms. The molecule has 0 aliphatic carbocycles. The fraction of sp³-hybridized carbons (Fsp3) is 0.696. The third kappa shape index (κ3) is 15.8. The Balaban J connectivity index is 1.96. The van der Waals surface area contributed by atoms with Crippen LogP contribution in [0.15, 0.2) is 29.6 Å². The number of hydrogen-bond donors (Lipinski definition) is 5. The predicted molar refractivity (Wildman–Crippen MR) is 244 cm³/mol. The van der Waals surface area contributed by atoms with E-state index in [0.717, 1.165) is 54.8 Å². The van der Waals surface area contributed by atoms with Gasteiger partial charge in [0.05, 0.1) is 24.1 Å². The SMILES string of the molecule is CCCCCON(C(=O)[C@@H](NC(=O)[C@H]1CCCCN1C)[C@@H](C)CC)[C@H](C[C@@H](OC(=O)NC)c1nc(C(=O)N[C@@H](Cc2ccc(NC(C)C)cc2)CC(C)(C)C(=O)O)cs1)C(C)C. The number of alkyl carbamates (subject to hydrolysis) is 1. The van der Waals surface area contributed by atoms with Gasteiger partial charge in [0.25, 0.3) is 11.8 Å². The highest BCUT2D eigenvalue weighted by molar-refractivity contribution is 7.09. The van der Waals surface area contributed by atoms with Gasteiger partial charge in [0, 0.05) is 36.6 Å². The van der Waals surface area contributed by atoms with Crippen LogP contribution in [0.25, 0.3) is 0 Å². The van der Waals surface area contributed by atoms with Crippen LogP contribution in [-0.2, 0) is 30.4 Å². The molecule has 16 heteroatoms. The number of anilines is 1. The molecule has 62 heavy (non-hydrogen) atoms. The first kappa shape index (κ1) is 52.1. The van der Waals surface area contributed by atoms with E-state index in [1.165, 1.54) is 12.1 Å². The van der Waals surface area contributed by atoms with E-state index >= 15 is 0 Å². The maximum Gasteiger partial charge on any atom is 0.407 e. The van der Waals surface area contributed by atoms with Gasteiger partial charge in [-0.3, -0.25) is 28.9 Å². The Morgan fingerprint density at radius 2 is 1.71 bits per heavy atom. The number of benzene rings is 1. The number of carboxylic acids is 1. The molecule has 2 aromatic rings. The van der Waals surface area contributed by atoms with E-state index in [2.05, 4.69) is 47.0 Å². The second kappa shape index (κ2) is 25.1. The summed E-state index contributed by atoms with van der Waals surface area (Å²) >= 11 is 1.15. The van der Waals surface area contributed by atoms with Crippen LogP contribution < -0.4 is 21.3 Å². The van der Waals surface area contributed by atoms with Gasteiger partial charge in [0.15, 0.2) is 6.10 Å². The molecule has 4 amide bonds. The van der Waals surface area contributed by atoms with Crippen LogP contribution >= 0.6 is 11.3 Å². The summed E-state index contributed by atoms with van der Waals surface area (Å²) in [5.41, 5.74) is 0.838. The number of likely N-dealkylation sites (N-methyl/N-ethyl adjacent to an activating group) is 1. The Labute approximate surface area is 373 Å². The number of nitrogens with one attached hydrogen (secondary N) is 4. The maximum atomic E-state index is 14.8. The zero-order valence-electron chi connectivity index (χ0n) is 39.0. The molecule has 1 fully saturated rings. The van der Waals surface area contributed by atoms with Gasteiger partial charge in [0.2, 0.25) is 5.91 Å². The van der Waals surface area contributed by atoms with Crippen molar-refractivity contribution in [2.24, 2.45) is 17.3 Å². The van der Waals surface area contributed by atoms with Crippen molar-refractivity contribution in [2.75, 3.05) is 32.6 Å². The molecule has 0 spiro atoms. The van der Waals surface area contributed by atoms with Crippen molar-refractivity contribution in [1.29, 1.82) is 0 Å². The van der Waals surface area contributed by atoms with Gasteiger partial charge in [-0.05, 0) is 103 Å². The monoisotopic (exact) mass is 886 g/mol. The standard InChI is InChI=1S/C46H75N7O8S/c1-12-14-17-24-60-53(43(56)39(31(7)13-2)51-41(55)36-18-15-16-23-52(36)11)37(29(3)4)26-38(61-45(59)47-10)42-50-35(28-62-42)40(54)49-34(27-46(8,9)44(57)58)25-32-19-21-33(22-20-32)48-30(5)6/h19-22,28-31,34,36-39,48H,12-18,23-27H2,1-11H3,(H,47,59)(H,49,54)(H,51,55)(H,57,58)/t31-,34-,36+,37+,38+,39-/m0/s1. The third-order valence-corrected chi connectivity index (χ3v) is 12.6. The lowest BCUT2D eigenvalue weighted by Gasteiger charge is -2.39. The summed E-state index contributed by atoms with van der Waals surface area (Å²) in [4.78, 5) is 80.7. The number of likely N-dealkylation sites (tertiary alicyclic amines) is 1. The lowest BCUT2D eigenvalue weighted by atomic mass is 9.84. The van der Waals surface area contributed by atoms with Gasteiger partial charge in [-0.2, -0.15) is 0 Å². The molecule has 1 aromatic carbocycles. The van der Waals surface area contributed by atoms with E-state index in [-0.39, 0.29) is 60.9 Å². The Bertz CT molecular complexity index is 1740. The lowest BCUT2D eigenvalue weighted by molar-refractivity contribution is -0.212. The molecule has 2 heterocycles. The number of carbonyl (C=O) groups excluding carboxylic acids is 4. The zero-order valence-corrected chi connectivity index (χ0v) is 39.9. The molecule has 0 unspecified atom stereocenters. The number of carboxylic acid groups (broad SMARTS) is 1. The number of aliphatic carboxylic acids is 1. The highest BCUT2D eigenvalue weighted by atomic mass is 32.1. The van der Waals surface area contributed by atoms with Crippen LogP contribution in [-0.4, -0.2) is 107 Å². The Morgan fingerprint density at radius 3 is 2.29 bits per heavy atom. The normalized spacial score (nSPS) is 17.1. The molecular formula is C46H75N7O8S. The number of thiazole rings is 1. The number of ether oxygens (including phenoxy) is 1. The van der Waals surface area contributed by atoms with Crippen LogP contribution in [0.1, 0.15) is 147 Å². The van der Waals surface area contributed by atoms with Crippen molar-refractivity contribution in [3.05, 3.63) is 45.9 Å². The van der Waals surface area contributed by atoms with Crippen molar-refractivity contribution in [1.82, 2.24) is 30.9 Å². The Morgan fingerprint density at radius 1 is 1.02 bits per heavy atom. The minimum atomic E-state index is -1.13. The first-order valence-corrected chi connectivity index (χ1v) is 23.4. The number of aromatic nitrogens is 1. The number of carbonyl (C=O) groups is 5. The van der Waals surface area contributed by atoms with Crippen molar-refractivity contribution in [3.63, 3.8) is 0 Å². The molecule has 348 valence electrons. The fourth-order valence-corrected chi connectivity index (χ4v) is 8.43. The predicted octanol–water partition coefficient (Wildman–Crippen LogP) is 7.58. The van der Waals surface area contributed by atoms with Gasteiger partial charge >= 0.3 is 12.1 Å². The van der Waals surface area contributed by atoms with Crippen LogP contribution in [0.4, 0.5) is 10.5 Å². The molecule has 5 N–H and O–H groups in total. The van der Waals surface area contributed by atoms with Crippen molar-refractivity contribution >= 4 is 46.8 Å². The highest BCUT2D eigenvalue weighted by Crippen LogP contribution is 2.32. The molecule has 1 saturated heterocycles. The molecule has 3 rings (SSSR count). The smallest absolute Gasteiger partial charge is 0.407 e. The maximum absolute atomic E-state index is 14.8. The summed E-state index contributed by atoms with van der Waals surface area (Å²) in [7, 11) is 3.38. The van der Waals surface area contributed by atoms with E-state index < -0.39 is 47.6 Å². The van der Waals surface area contributed by atoms with Gasteiger partial charge in [0.1, 0.15) is 16.7 Å². The van der Waals surface area contributed by atoms with Crippen molar-refractivity contribution < 1.29 is 38.7 Å². The van der Waals surface area contributed by atoms with E-state index in [4.69, 9.17) is 9.57 Å². The quantitative estimate of drug-likeness (QED) is 0.0488. The highest BCUT2D eigenvalue weighted by Gasteiger charge is 2.40. The minimum Gasteiger partial charge on any atom is -0.481 e. The molecular weight excluding hydrogens is 811 g/mol. The van der Waals surface area contributed by atoms with Crippen molar-refractivity contribution in [2.45, 2.75) is 163 Å². The van der Waals surface area contributed by atoms with E-state index in [9.17, 15) is 29.1 Å². The zero-order chi connectivity index (χ0) is 46.1. The molecule has 0 radical (unpaired) electrons. The topological polar surface area (TPSA) is 192 Å². The molecule has 1 aliphatic heterocycles. The summed E-state index contributed by atoms with van der Waals surface area (Å²) in [6, 6.07) is 5.72. The number of unbranched alkanes of at least 4 members (excludes halogenated alkanes) is 2. The van der Waals surface area contributed by atoms with Crippen LogP contribution in [0.3, 0.4) is 0 Å². The Kier molecular flexibility index (Phi) is 21.1. The number of nitrogens with zero attached hydrogens (tertiary/aromatic N) is 3. The average Bonchev–Trinajstić information content (AvgIpc) is 3.72. The summed E-state index contributed by atoms with van der Waals surface area (Å²) < 4.78 is 5.93. The van der Waals surface area contributed by atoms with E-state index in [1.807, 2.05) is 63.9 Å². The van der Waals surface area contributed by atoms with Crippen molar-refractivity contribution in [3.8, 4) is 0 Å². The van der Waals surface area contributed by atoms with Crippen LogP contribution in [0.5, 0.6) is 0 Å². The number of rotatable bonds is 25. The summed E-state index contributed by atoms with van der Waals surface area (Å²) in [5, 5.41) is 25.3. The van der Waals surface area contributed by atoms with Gasteiger partial charge < -0.3 is 31.1 Å². The lowest BCUT2D eigenvalue weighted by Crippen LogP contribution is -2.58. The number of hydrogen-bond acceptors (Lipinski definition) is 11. The number of piperidine rings is 1. The number of amides is 4. The average molecular weight is 886 g/mol. The largest absolute Gasteiger partial charge is 0.481 e. The molecule has 1 aromatic heterocycles. The van der Waals surface area contributed by atoms with Gasteiger partial charge in [-0.25, -0.2) is 14.8 Å². The molecule has 15 nitrogen and oxygen atoms in total. The second-order valence-corrected chi connectivity index (χ2v) is 19.0. The molecule has 6 atom stereocenters. The first-order valence-electron chi connectivity index (χ1n) is 22.5. The summed E-state index contributed by atoms with van der Waals surface area (Å²) in [5.74, 6) is -2.44. The van der Waals surface area contributed by atoms with Gasteiger partial charge in [-0.1, -0.05) is 72.4 Å². The van der Waals surface area contributed by atoms with Crippen LogP contribution in [0, 0.1) is 17.3 Å². The minimum absolute atomic E-state index is 0.0854. The summed E-state index contributed by atoms with van der Waals surface area (Å²) in [6.45, 7) is 18.4. The third-order valence-electron chi connectivity index (χ3n) is 11.6. The van der Waals surface area contributed by atoms with Gasteiger partial charge in [-0.15, -0.1) is 11.3 Å². The van der Waals surface area contributed by atoms with Crippen LogP contribution in [0.2, 0.25) is 0 Å². The second-order valence-electron chi connectivity index (χ2n) is 18.1. The first-order chi connectivity index (χ1) is 29.3. The summed E-state index contributed by atoms with van der Waals surface area (Å²) in [6.07, 6.45) is 4.80. The van der Waals surface area contributed by atoms with E-state index in [0.29, 0.717) is 30.7 Å². The van der Waals surface area contributed by atoms with E-state index in [1.54, 1.807) is 19.2 Å². The molecule has 1 aliphatic rings. The Hall–Kier alpha value is -4.28. The fourth-order valence-electron chi connectivity index (χ4n) is 7.59.